The number of anilines is 1. The molecule has 9 nitrogen and oxygen atoms in total. The maximum atomic E-state index is 13.6. The van der Waals surface area contributed by atoms with Crippen molar-refractivity contribution in [2.45, 2.75) is 63.8 Å². The lowest BCUT2D eigenvalue weighted by Crippen LogP contribution is -2.46. The van der Waals surface area contributed by atoms with Crippen molar-refractivity contribution in [1.82, 2.24) is 19.6 Å². The number of hydrogen-bond donors (Lipinski definition) is 1. The summed E-state index contributed by atoms with van der Waals surface area (Å²) in [5.41, 5.74) is 1.25. The second-order valence-electron chi connectivity index (χ2n) is 9.68. The van der Waals surface area contributed by atoms with Gasteiger partial charge in [0.25, 0.3) is 0 Å². The summed E-state index contributed by atoms with van der Waals surface area (Å²) in [6, 6.07) is 0.536. The first-order valence-electron chi connectivity index (χ1n) is 11.9. The molecule has 2 amide bonds. The van der Waals surface area contributed by atoms with Crippen LogP contribution in [0.2, 0.25) is 0 Å². The molecule has 0 bridgehead atoms. The first kappa shape index (κ1) is 24.3. The van der Waals surface area contributed by atoms with Gasteiger partial charge in [-0.3, -0.25) is 24.0 Å². The van der Waals surface area contributed by atoms with Crippen molar-refractivity contribution in [3.8, 4) is 0 Å². The molecule has 2 saturated heterocycles. The van der Waals surface area contributed by atoms with E-state index in [4.69, 9.17) is 0 Å². The van der Waals surface area contributed by atoms with Gasteiger partial charge in [0, 0.05) is 25.0 Å². The first-order chi connectivity index (χ1) is 17.1. The number of aromatic nitrogens is 2. The van der Waals surface area contributed by atoms with Crippen LogP contribution in [0, 0.1) is 17.5 Å². The molecule has 1 unspecified atom stereocenters. The van der Waals surface area contributed by atoms with Gasteiger partial charge in [-0.05, 0) is 44.0 Å². The maximum absolute atomic E-state index is 13.6. The molecule has 3 aliphatic rings. The molecule has 2 aromatic rings. The van der Waals surface area contributed by atoms with Crippen LogP contribution in [-0.4, -0.2) is 73.7 Å². The molecule has 192 valence electrons. The average Bonchev–Trinajstić information content (AvgIpc) is 3.54. The topological polar surface area (TPSA) is 99.0 Å². The van der Waals surface area contributed by atoms with Gasteiger partial charge in [-0.15, -0.1) is 0 Å². The maximum Gasteiger partial charge on any atom is 0.320 e. The molecule has 2 fully saturated rings. The van der Waals surface area contributed by atoms with E-state index in [-0.39, 0.29) is 42.9 Å². The van der Waals surface area contributed by atoms with Crippen molar-refractivity contribution in [3.63, 3.8) is 0 Å². The van der Waals surface area contributed by atoms with E-state index in [1.807, 2.05) is 11.8 Å². The van der Waals surface area contributed by atoms with Gasteiger partial charge >= 0.3 is 5.97 Å². The smallest absolute Gasteiger partial charge is 0.320 e. The fourth-order valence-corrected chi connectivity index (χ4v) is 5.57. The Kier molecular flexibility index (Phi) is 6.23. The molecular weight excluding hydrogens is 479 g/mol. The van der Waals surface area contributed by atoms with E-state index in [0.29, 0.717) is 37.4 Å². The highest BCUT2D eigenvalue weighted by atomic mass is 19.2. The highest BCUT2D eigenvalue weighted by molar-refractivity contribution is 5.97. The Morgan fingerprint density at radius 2 is 1.89 bits per heavy atom. The number of aliphatic carboxylic acids is 1. The minimum absolute atomic E-state index is 0.0269. The third kappa shape index (κ3) is 4.23. The molecule has 12 heteroatoms. The molecule has 0 aliphatic carbocycles. The largest absolute Gasteiger partial charge is 0.480 e. The lowest BCUT2D eigenvalue weighted by atomic mass is 10.1. The van der Waals surface area contributed by atoms with Crippen LogP contribution in [0.25, 0.3) is 0 Å². The molecule has 4 heterocycles. The predicted octanol–water partition coefficient (Wildman–Crippen LogP) is 1.93. The van der Waals surface area contributed by atoms with E-state index in [1.165, 1.54) is 0 Å². The van der Waals surface area contributed by atoms with Crippen LogP contribution in [0.5, 0.6) is 0 Å². The molecule has 5 rings (SSSR count). The summed E-state index contributed by atoms with van der Waals surface area (Å²) in [4.78, 5) is 42.7. The number of carbonyl (C=O) groups is 3. The molecule has 0 saturated carbocycles. The molecular formula is C24H26F3N5O4. The SMILES string of the molecule is C[C@H]1Cn2ncc(N3CC(N4CCC[C@@H]4C(=O)O)CC3=O)c2CN1C(=O)Cc1cc(F)c(F)c(F)c1. The van der Waals surface area contributed by atoms with Crippen LogP contribution in [-0.2, 0) is 33.9 Å². The third-order valence-corrected chi connectivity index (χ3v) is 7.38. The van der Waals surface area contributed by atoms with Crippen molar-refractivity contribution in [1.29, 1.82) is 0 Å². The average molecular weight is 505 g/mol. The van der Waals surface area contributed by atoms with Crippen molar-refractivity contribution >= 4 is 23.5 Å². The van der Waals surface area contributed by atoms with Gasteiger partial charge in [0.2, 0.25) is 11.8 Å². The Labute approximate surface area is 205 Å². The van der Waals surface area contributed by atoms with Gasteiger partial charge in [0.1, 0.15) is 6.04 Å². The number of rotatable bonds is 5. The number of carbonyl (C=O) groups excluding carboxylic acids is 2. The van der Waals surface area contributed by atoms with Crippen LogP contribution < -0.4 is 4.90 Å². The first-order valence-corrected chi connectivity index (χ1v) is 11.9. The molecule has 1 aromatic carbocycles. The molecule has 1 N–H and O–H groups in total. The van der Waals surface area contributed by atoms with Crippen LogP contribution in [0.15, 0.2) is 18.3 Å². The summed E-state index contributed by atoms with van der Waals surface area (Å²) in [5.74, 6) is -5.70. The second-order valence-corrected chi connectivity index (χ2v) is 9.68. The summed E-state index contributed by atoms with van der Waals surface area (Å²) >= 11 is 0. The fraction of sp³-hybridized carbons (Fsp3) is 0.500. The normalized spacial score (nSPS) is 24.4. The Hall–Kier alpha value is -3.41. The minimum atomic E-state index is -1.58. The zero-order chi connectivity index (χ0) is 25.7. The number of amides is 2. The van der Waals surface area contributed by atoms with Gasteiger partial charge in [-0.25, -0.2) is 13.2 Å². The number of fused-ring (bicyclic) bond motifs is 1. The Balaban J connectivity index is 1.33. The number of carboxylic acid groups (broad SMARTS) is 1. The van der Waals surface area contributed by atoms with Crippen LogP contribution in [0.4, 0.5) is 18.9 Å². The molecule has 0 spiro atoms. The van der Waals surface area contributed by atoms with Crippen molar-refractivity contribution in [2.75, 3.05) is 18.0 Å². The molecule has 3 atom stereocenters. The lowest BCUT2D eigenvalue weighted by Gasteiger charge is -2.35. The van der Waals surface area contributed by atoms with Crippen molar-refractivity contribution in [3.05, 3.63) is 47.0 Å². The summed E-state index contributed by atoms with van der Waals surface area (Å²) in [6.45, 7) is 3.28. The lowest BCUT2D eigenvalue weighted by molar-refractivity contribution is -0.143. The number of nitrogens with zero attached hydrogens (tertiary/aromatic N) is 5. The summed E-state index contributed by atoms with van der Waals surface area (Å²) in [6.07, 6.45) is 2.80. The number of benzene rings is 1. The monoisotopic (exact) mass is 505 g/mol. The van der Waals surface area contributed by atoms with E-state index >= 15 is 0 Å². The number of halogens is 3. The molecule has 36 heavy (non-hydrogen) atoms. The summed E-state index contributed by atoms with van der Waals surface area (Å²) < 4.78 is 42.2. The van der Waals surface area contributed by atoms with Crippen LogP contribution in [0.1, 0.15) is 37.4 Å². The number of carboxylic acids is 1. The predicted molar refractivity (Wildman–Crippen MR) is 120 cm³/mol. The highest BCUT2D eigenvalue weighted by Crippen LogP contribution is 2.33. The van der Waals surface area contributed by atoms with Crippen LogP contribution >= 0.6 is 0 Å². The zero-order valence-electron chi connectivity index (χ0n) is 19.7. The van der Waals surface area contributed by atoms with Gasteiger partial charge in [0.05, 0.1) is 37.1 Å². The number of likely N-dealkylation sites (tertiary alicyclic amines) is 1. The van der Waals surface area contributed by atoms with Crippen molar-refractivity contribution in [2.24, 2.45) is 0 Å². The van der Waals surface area contributed by atoms with Gasteiger partial charge in [0.15, 0.2) is 17.5 Å². The van der Waals surface area contributed by atoms with E-state index < -0.39 is 35.4 Å². The second kappa shape index (κ2) is 9.23. The Bertz CT molecular complexity index is 1210. The fourth-order valence-electron chi connectivity index (χ4n) is 5.57. The summed E-state index contributed by atoms with van der Waals surface area (Å²) in [5, 5.41) is 13.9. The number of hydrogen-bond acceptors (Lipinski definition) is 5. The molecule has 1 aromatic heterocycles. The quantitative estimate of drug-likeness (QED) is 0.624. The molecule has 0 radical (unpaired) electrons. The highest BCUT2D eigenvalue weighted by Gasteiger charge is 2.43. The van der Waals surface area contributed by atoms with E-state index in [0.717, 1.165) is 18.6 Å². The van der Waals surface area contributed by atoms with E-state index in [1.54, 1.807) is 20.7 Å². The van der Waals surface area contributed by atoms with E-state index in [9.17, 15) is 32.7 Å². The van der Waals surface area contributed by atoms with Gasteiger partial charge in [-0.1, -0.05) is 0 Å². The standard InChI is InChI=1S/C24H26F3N5O4/c1-13-10-32-20(12-30(13)21(33)7-14-5-16(25)23(27)17(26)6-14)19(9-28-32)31-11-15(8-22(31)34)29-4-2-3-18(29)24(35)36/h5-6,9,13,15,18H,2-4,7-8,10-12H2,1H3,(H,35,36)/t13-,15?,18+/m0/s1. The Morgan fingerprint density at radius 3 is 2.58 bits per heavy atom. The van der Waals surface area contributed by atoms with Gasteiger partial charge in [-0.2, -0.15) is 5.10 Å². The Morgan fingerprint density at radius 1 is 1.17 bits per heavy atom. The third-order valence-electron chi connectivity index (χ3n) is 7.38. The van der Waals surface area contributed by atoms with Crippen molar-refractivity contribution < 1.29 is 32.7 Å². The zero-order valence-corrected chi connectivity index (χ0v) is 19.7. The van der Waals surface area contributed by atoms with Crippen LogP contribution in [0.3, 0.4) is 0 Å². The summed E-state index contributed by atoms with van der Waals surface area (Å²) in [7, 11) is 0. The minimum Gasteiger partial charge on any atom is -0.480 e. The van der Waals surface area contributed by atoms with E-state index in [2.05, 4.69) is 5.10 Å². The van der Waals surface area contributed by atoms with Gasteiger partial charge < -0.3 is 14.9 Å². The molecule has 3 aliphatic heterocycles.